The van der Waals surface area contributed by atoms with Crippen LogP contribution in [0.25, 0.3) is 16.8 Å². The molecule has 0 amide bonds. The van der Waals surface area contributed by atoms with E-state index < -0.39 is 0 Å². The van der Waals surface area contributed by atoms with Gasteiger partial charge in [-0.25, -0.2) is 4.39 Å². The molecular formula is C16H11FN2O. The van der Waals surface area contributed by atoms with Crippen LogP contribution in [0.1, 0.15) is 0 Å². The second kappa shape index (κ2) is 5.09. The lowest BCUT2D eigenvalue weighted by Gasteiger charge is -2.08. The molecule has 0 saturated heterocycles. The molecule has 0 fully saturated rings. The molecule has 98 valence electrons. The highest BCUT2D eigenvalue weighted by atomic mass is 19.1. The zero-order chi connectivity index (χ0) is 13.9. The standard InChI is InChI=1S/C16H11FN2O/c17-14-4-1-12(2-5-14)13-3-6-16(20)19(11-13)15-7-9-18-10-8-15/h1-11H. The van der Waals surface area contributed by atoms with E-state index in [1.54, 1.807) is 53.5 Å². The van der Waals surface area contributed by atoms with Gasteiger partial charge >= 0.3 is 0 Å². The smallest absolute Gasteiger partial charge is 0.255 e. The number of aromatic nitrogens is 2. The summed E-state index contributed by atoms with van der Waals surface area (Å²) in [5.41, 5.74) is 2.33. The van der Waals surface area contributed by atoms with Gasteiger partial charge in [0.05, 0.1) is 5.69 Å². The average molecular weight is 266 g/mol. The van der Waals surface area contributed by atoms with Crippen LogP contribution in [0.4, 0.5) is 4.39 Å². The Morgan fingerprint density at radius 3 is 2.20 bits per heavy atom. The van der Waals surface area contributed by atoms with Crippen LogP contribution >= 0.6 is 0 Å². The summed E-state index contributed by atoms with van der Waals surface area (Å²) in [6, 6.07) is 12.9. The summed E-state index contributed by atoms with van der Waals surface area (Å²) in [5.74, 6) is -0.281. The van der Waals surface area contributed by atoms with Crippen molar-refractivity contribution < 1.29 is 4.39 Å². The van der Waals surface area contributed by atoms with Gasteiger partial charge in [0.2, 0.25) is 0 Å². The maximum atomic E-state index is 12.9. The zero-order valence-electron chi connectivity index (χ0n) is 10.5. The molecule has 2 aromatic heterocycles. The molecule has 0 spiro atoms. The summed E-state index contributed by atoms with van der Waals surface area (Å²) in [5, 5.41) is 0. The fourth-order valence-corrected chi connectivity index (χ4v) is 2.01. The predicted molar refractivity (Wildman–Crippen MR) is 75.2 cm³/mol. The van der Waals surface area contributed by atoms with Gasteiger partial charge in [0.1, 0.15) is 5.82 Å². The fraction of sp³-hybridized carbons (Fsp3) is 0. The van der Waals surface area contributed by atoms with E-state index in [-0.39, 0.29) is 11.4 Å². The largest absolute Gasteiger partial charge is 0.284 e. The number of hydrogen-bond acceptors (Lipinski definition) is 2. The first-order valence-corrected chi connectivity index (χ1v) is 6.13. The number of hydrogen-bond donors (Lipinski definition) is 0. The summed E-state index contributed by atoms with van der Waals surface area (Å²) in [7, 11) is 0. The monoisotopic (exact) mass is 266 g/mol. The molecule has 4 heteroatoms. The highest BCUT2D eigenvalue weighted by molar-refractivity contribution is 5.62. The highest BCUT2D eigenvalue weighted by Gasteiger charge is 2.03. The topological polar surface area (TPSA) is 34.9 Å². The van der Waals surface area contributed by atoms with Crippen LogP contribution in [0.5, 0.6) is 0 Å². The third kappa shape index (κ3) is 2.36. The normalized spacial score (nSPS) is 10.4. The van der Waals surface area contributed by atoms with E-state index >= 15 is 0 Å². The van der Waals surface area contributed by atoms with Gasteiger partial charge in [0.25, 0.3) is 5.56 Å². The van der Waals surface area contributed by atoms with Crippen LogP contribution in [0, 0.1) is 5.82 Å². The SMILES string of the molecule is O=c1ccc(-c2ccc(F)cc2)cn1-c1ccncc1. The molecular weight excluding hydrogens is 255 g/mol. The van der Waals surface area contributed by atoms with Crippen LogP contribution in [0.15, 0.2) is 71.9 Å². The second-order valence-corrected chi connectivity index (χ2v) is 4.34. The van der Waals surface area contributed by atoms with E-state index in [2.05, 4.69) is 4.98 Å². The lowest BCUT2D eigenvalue weighted by molar-refractivity contribution is 0.628. The molecule has 2 heterocycles. The summed E-state index contributed by atoms with van der Waals surface area (Å²) in [6.07, 6.45) is 5.00. The summed E-state index contributed by atoms with van der Waals surface area (Å²) < 4.78 is 14.5. The van der Waals surface area contributed by atoms with Crippen LogP contribution in [0.3, 0.4) is 0 Å². The Labute approximate surface area is 115 Å². The number of pyridine rings is 2. The molecule has 1 aromatic carbocycles. The first-order chi connectivity index (χ1) is 9.74. The molecule has 0 saturated carbocycles. The molecule has 3 rings (SSSR count). The van der Waals surface area contributed by atoms with Gasteiger partial charge in [0, 0.05) is 24.7 Å². The Bertz CT molecular complexity index is 780. The lowest BCUT2D eigenvalue weighted by atomic mass is 10.1. The van der Waals surface area contributed by atoms with E-state index in [4.69, 9.17) is 0 Å². The number of nitrogens with zero attached hydrogens (tertiary/aromatic N) is 2. The van der Waals surface area contributed by atoms with Gasteiger partial charge in [-0.3, -0.25) is 14.3 Å². The molecule has 3 nitrogen and oxygen atoms in total. The fourth-order valence-electron chi connectivity index (χ4n) is 2.01. The molecule has 0 unspecified atom stereocenters. The van der Waals surface area contributed by atoms with Crippen LogP contribution < -0.4 is 5.56 Å². The Hall–Kier alpha value is -2.75. The Morgan fingerprint density at radius 1 is 0.850 bits per heavy atom. The van der Waals surface area contributed by atoms with Crippen molar-refractivity contribution in [2.24, 2.45) is 0 Å². The average Bonchev–Trinajstić information content (AvgIpc) is 2.50. The van der Waals surface area contributed by atoms with Crippen molar-refractivity contribution in [1.29, 1.82) is 0 Å². The quantitative estimate of drug-likeness (QED) is 0.714. The molecule has 3 aromatic rings. The number of rotatable bonds is 2. The zero-order valence-corrected chi connectivity index (χ0v) is 10.5. The third-order valence-corrected chi connectivity index (χ3v) is 3.03. The number of benzene rings is 1. The van der Waals surface area contributed by atoms with Crippen LogP contribution in [-0.2, 0) is 0 Å². The minimum absolute atomic E-state index is 0.123. The molecule has 0 bridgehead atoms. The van der Waals surface area contributed by atoms with E-state index in [0.29, 0.717) is 0 Å². The van der Waals surface area contributed by atoms with E-state index in [1.165, 1.54) is 18.2 Å². The van der Waals surface area contributed by atoms with Crippen molar-refractivity contribution in [1.82, 2.24) is 9.55 Å². The molecule has 0 radical (unpaired) electrons. The van der Waals surface area contributed by atoms with Crippen molar-refractivity contribution in [2.75, 3.05) is 0 Å². The summed E-state index contributed by atoms with van der Waals surface area (Å²) in [6.45, 7) is 0. The Kier molecular flexibility index (Phi) is 3.13. The number of halogens is 1. The third-order valence-electron chi connectivity index (χ3n) is 3.03. The van der Waals surface area contributed by atoms with Gasteiger partial charge in [-0.05, 0) is 41.5 Å². The highest BCUT2D eigenvalue weighted by Crippen LogP contribution is 2.19. The Balaban J connectivity index is 2.12. The molecule has 0 N–H and O–H groups in total. The maximum absolute atomic E-state index is 12.9. The van der Waals surface area contributed by atoms with Crippen molar-refractivity contribution in [3.63, 3.8) is 0 Å². The molecule has 0 aliphatic carbocycles. The molecule has 20 heavy (non-hydrogen) atoms. The predicted octanol–water partition coefficient (Wildman–Crippen LogP) is 3.04. The van der Waals surface area contributed by atoms with E-state index in [0.717, 1.165) is 16.8 Å². The first kappa shape index (κ1) is 12.3. The van der Waals surface area contributed by atoms with Crippen molar-refractivity contribution in [3.8, 4) is 16.8 Å². The van der Waals surface area contributed by atoms with Crippen molar-refractivity contribution in [3.05, 3.63) is 83.3 Å². The van der Waals surface area contributed by atoms with Crippen molar-refractivity contribution >= 4 is 0 Å². The second-order valence-electron chi connectivity index (χ2n) is 4.34. The van der Waals surface area contributed by atoms with Gasteiger partial charge in [-0.1, -0.05) is 12.1 Å². The summed E-state index contributed by atoms with van der Waals surface area (Å²) in [4.78, 5) is 15.9. The van der Waals surface area contributed by atoms with Gasteiger partial charge in [-0.15, -0.1) is 0 Å². The minimum Gasteiger partial charge on any atom is -0.284 e. The van der Waals surface area contributed by atoms with E-state index in [9.17, 15) is 9.18 Å². The Morgan fingerprint density at radius 2 is 1.50 bits per heavy atom. The molecule has 0 aliphatic rings. The van der Waals surface area contributed by atoms with Gasteiger partial charge in [-0.2, -0.15) is 0 Å². The lowest BCUT2D eigenvalue weighted by Crippen LogP contribution is -2.16. The van der Waals surface area contributed by atoms with Gasteiger partial charge in [0.15, 0.2) is 0 Å². The first-order valence-electron chi connectivity index (χ1n) is 6.13. The van der Waals surface area contributed by atoms with Crippen LogP contribution in [0.2, 0.25) is 0 Å². The molecule has 0 aliphatic heterocycles. The van der Waals surface area contributed by atoms with E-state index in [1.807, 2.05) is 0 Å². The van der Waals surface area contributed by atoms with Gasteiger partial charge < -0.3 is 0 Å². The van der Waals surface area contributed by atoms with Crippen LogP contribution in [-0.4, -0.2) is 9.55 Å². The minimum atomic E-state index is -0.281. The summed E-state index contributed by atoms with van der Waals surface area (Å²) >= 11 is 0. The maximum Gasteiger partial charge on any atom is 0.255 e. The van der Waals surface area contributed by atoms with Crippen molar-refractivity contribution in [2.45, 2.75) is 0 Å². The molecule has 0 atom stereocenters.